The molecule has 0 amide bonds. The number of thiazole rings is 1. The first-order valence-corrected chi connectivity index (χ1v) is 11.3. The van der Waals surface area contributed by atoms with Crippen molar-refractivity contribution in [3.8, 4) is 33.5 Å². The van der Waals surface area contributed by atoms with E-state index in [1.54, 1.807) is 37.3 Å². The topological polar surface area (TPSA) is 62.1 Å². The van der Waals surface area contributed by atoms with Crippen molar-refractivity contribution in [1.29, 1.82) is 0 Å². The lowest BCUT2D eigenvalue weighted by Gasteiger charge is -2.08. The first kappa shape index (κ1) is 20.7. The van der Waals surface area contributed by atoms with Crippen molar-refractivity contribution in [3.63, 3.8) is 0 Å². The summed E-state index contributed by atoms with van der Waals surface area (Å²) < 4.78 is 12.7. The summed E-state index contributed by atoms with van der Waals surface area (Å²) in [6.07, 6.45) is 0. The normalized spacial score (nSPS) is 10.9. The molecule has 0 aliphatic heterocycles. The van der Waals surface area contributed by atoms with Crippen molar-refractivity contribution >= 4 is 34.7 Å². The number of ether oxygens (including phenoxy) is 2. The molecule has 6 nitrogen and oxygen atoms in total. The summed E-state index contributed by atoms with van der Waals surface area (Å²) in [5.74, 6) is 2.91. The molecule has 9 heteroatoms. The maximum absolute atomic E-state index is 6.30. The van der Waals surface area contributed by atoms with Crippen molar-refractivity contribution in [2.75, 3.05) is 14.2 Å². The Morgan fingerprint density at radius 1 is 1.07 bits per heavy atom. The zero-order valence-corrected chi connectivity index (χ0v) is 19.0. The van der Waals surface area contributed by atoms with Gasteiger partial charge in [-0.05, 0) is 24.3 Å². The molecule has 2 aromatic heterocycles. The van der Waals surface area contributed by atoms with Gasteiger partial charge >= 0.3 is 0 Å². The minimum absolute atomic E-state index is 0.655. The van der Waals surface area contributed by atoms with Crippen molar-refractivity contribution in [2.45, 2.75) is 10.9 Å². The van der Waals surface area contributed by atoms with E-state index >= 15 is 0 Å². The zero-order valence-electron chi connectivity index (χ0n) is 16.6. The summed E-state index contributed by atoms with van der Waals surface area (Å²) in [6.45, 7) is 0. The van der Waals surface area contributed by atoms with Gasteiger partial charge in [-0.25, -0.2) is 4.98 Å². The Hall–Kier alpha value is -2.55. The Morgan fingerprint density at radius 3 is 2.67 bits per heavy atom. The standard InChI is InChI=1S/C21H19ClN4O2S2/c1-26-19(15-6-4-5-7-17(15)22)24-25-21(26)30-12-13-11-29-20(23-13)16-9-8-14(27-2)10-18(16)28-3/h4-11H,12H2,1-3H3. The van der Waals surface area contributed by atoms with Gasteiger partial charge < -0.3 is 14.0 Å². The van der Waals surface area contributed by atoms with Crippen molar-refractivity contribution in [2.24, 2.45) is 7.05 Å². The molecular weight excluding hydrogens is 440 g/mol. The number of halogens is 1. The molecule has 0 bridgehead atoms. The molecule has 2 aromatic carbocycles. The summed E-state index contributed by atoms with van der Waals surface area (Å²) in [5, 5.41) is 13.0. The van der Waals surface area contributed by atoms with Gasteiger partial charge in [0.05, 0.1) is 30.5 Å². The van der Waals surface area contributed by atoms with E-state index in [-0.39, 0.29) is 0 Å². The third-order valence-corrected chi connectivity index (χ3v) is 6.80. The predicted octanol–water partition coefficient (Wildman–Crippen LogP) is 5.57. The molecule has 154 valence electrons. The maximum atomic E-state index is 6.30. The van der Waals surface area contributed by atoms with Crippen LogP contribution in [-0.4, -0.2) is 34.0 Å². The fraction of sp³-hybridized carbons (Fsp3) is 0.190. The van der Waals surface area contributed by atoms with Gasteiger partial charge in [0.1, 0.15) is 16.5 Å². The van der Waals surface area contributed by atoms with Crippen LogP contribution >= 0.6 is 34.7 Å². The lowest BCUT2D eigenvalue weighted by Crippen LogP contribution is -1.95. The average molecular weight is 459 g/mol. The van der Waals surface area contributed by atoms with Crippen LogP contribution in [0, 0.1) is 0 Å². The van der Waals surface area contributed by atoms with Crippen molar-refractivity contribution in [3.05, 3.63) is 58.6 Å². The van der Waals surface area contributed by atoms with Crippen LogP contribution in [0.4, 0.5) is 0 Å². The van der Waals surface area contributed by atoms with E-state index in [1.165, 1.54) is 0 Å². The second-order valence-electron chi connectivity index (χ2n) is 6.34. The molecule has 0 saturated carbocycles. The molecule has 4 aromatic rings. The number of methoxy groups -OCH3 is 2. The highest BCUT2D eigenvalue weighted by Crippen LogP contribution is 2.36. The zero-order chi connectivity index (χ0) is 21.1. The van der Waals surface area contributed by atoms with Crippen LogP contribution in [0.25, 0.3) is 22.0 Å². The lowest BCUT2D eigenvalue weighted by molar-refractivity contribution is 0.395. The minimum Gasteiger partial charge on any atom is -0.497 e. The number of hydrogen-bond donors (Lipinski definition) is 0. The molecule has 0 saturated heterocycles. The smallest absolute Gasteiger partial charge is 0.191 e. The van der Waals surface area contributed by atoms with Gasteiger partial charge in [-0.3, -0.25) is 0 Å². The minimum atomic E-state index is 0.655. The molecule has 0 unspecified atom stereocenters. The van der Waals surface area contributed by atoms with Gasteiger partial charge in [0, 0.05) is 29.8 Å². The fourth-order valence-corrected chi connectivity index (χ4v) is 4.91. The van der Waals surface area contributed by atoms with Gasteiger partial charge in [-0.15, -0.1) is 21.5 Å². The van der Waals surface area contributed by atoms with Gasteiger partial charge in [0.25, 0.3) is 0 Å². The van der Waals surface area contributed by atoms with Crippen LogP contribution in [-0.2, 0) is 12.8 Å². The molecule has 0 aliphatic carbocycles. The summed E-state index contributed by atoms with van der Waals surface area (Å²) >= 11 is 9.47. The van der Waals surface area contributed by atoms with E-state index in [2.05, 4.69) is 15.6 Å². The SMILES string of the molecule is COc1ccc(-c2nc(CSc3nnc(-c4ccccc4Cl)n3C)cs2)c(OC)c1. The van der Waals surface area contributed by atoms with Crippen LogP contribution < -0.4 is 9.47 Å². The highest BCUT2D eigenvalue weighted by molar-refractivity contribution is 7.98. The molecule has 0 N–H and O–H groups in total. The molecule has 0 aliphatic rings. The van der Waals surface area contributed by atoms with Crippen molar-refractivity contribution in [1.82, 2.24) is 19.7 Å². The molecule has 30 heavy (non-hydrogen) atoms. The monoisotopic (exact) mass is 458 g/mol. The summed E-state index contributed by atoms with van der Waals surface area (Å²) in [6, 6.07) is 13.4. The summed E-state index contributed by atoms with van der Waals surface area (Å²) in [5.41, 5.74) is 2.78. The quantitative estimate of drug-likeness (QED) is 0.337. The van der Waals surface area contributed by atoms with Gasteiger partial charge in [-0.1, -0.05) is 35.5 Å². The van der Waals surface area contributed by atoms with Crippen LogP contribution in [0.3, 0.4) is 0 Å². The Labute approximate surface area is 187 Å². The number of thioether (sulfide) groups is 1. The summed E-state index contributed by atoms with van der Waals surface area (Å²) in [4.78, 5) is 4.77. The molecule has 2 heterocycles. The summed E-state index contributed by atoms with van der Waals surface area (Å²) in [7, 11) is 5.22. The van der Waals surface area contributed by atoms with Gasteiger partial charge in [0.2, 0.25) is 0 Å². The Kier molecular flexibility index (Phi) is 6.26. The number of rotatable bonds is 7. The number of nitrogens with zero attached hydrogens (tertiary/aromatic N) is 4. The Morgan fingerprint density at radius 2 is 1.90 bits per heavy atom. The Balaban J connectivity index is 1.50. The molecule has 4 rings (SSSR count). The number of benzene rings is 2. The van der Waals surface area contributed by atoms with Gasteiger partial charge in [0.15, 0.2) is 11.0 Å². The number of aromatic nitrogens is 4. The van der Waals surface area contributed by atoms with E-state index in [9.17, 15) is 0 Å². The third kappa shape index (κ3) is 4.16. The first-order chi connectivity index (χ1) is 14.6. The average Bonchev–Trinajstić information content (AvgIpc) is 3.39. The van der Waals surface area contributed by atoms with E-state index in [1.807, 2.05) is 54.1 Å². The largest absolute Gasteiger partial charge is 0.497 e. The van der Waals surface area contributed by atoms with Crippen molar-refractivity contribution < 1.29 is 9.47 Å². The number of hydrogen-bond acceptors (Lipinski definition) is 7. The molecule has 0 atom stereocenters. The second-order valence-corrected chi connectivity index (χ2v) is 8.55. The van der Waals surface area contributed by atoms with Crippen LogP contribution in [0.1, 0.15) is 5.69 Å². The lowest BCUT2D eigenvalue weighted by atomic mass is 10.2. The maximum Gasteiger partial charge on any atom is 0.191 e. The fourth-order valence-electron chi connectivity index (χ4n) is 2.93. The first-order valence-electron chi connectivity index (χ1n) is 9.04. The van der Waals surface area contributed by atoms with Crippen LogP contribution in [0.2, 0.25) is 5.02 Å². The predicted molar refractivity (Wildman–Crippen MR) is 122 cm³/mol. The third-order valence-electron chi connectivity index (χ3n) is 4.49. The van der Waals surface area contributed by atoms with Crippen LogP contribution in [0.15, 0.2) is 53.0 Å². The van der Waals surface area contributed by atoms with Crippen LogP contribution in [0.5, 0.6) is 11.5 Å². The van der Waals surface area contributed by atoms with E-state index < -0.39 is 0 Å². The molecular formula is C21H19ClN4O2S2. The highest BCUT2D eigenvalue weighted by Gasteiger charge is 2.15. The second kappa shape index (κ2) is 9.07. The van der Waals surface area contributed by atoms with E-state index in [0.717, 1.165) is 44.3 Å². The van der Waals surface area contributed by atoms with E-state index in [4.69, 9.17) is 26.1 Å². The Bertz CT molecular complexity index is 1180. The van der Waals surface area contributed by atoms with E-state index in [0.29, 0.717) is 10.8 Å². The molecule has 0 spiro atoms. The molecule has 0 radical (unpaired) electrons. The highest BCUT2D eigenvalue weighted by atomic mass is 35.5. The molecule has 0 fully saturated rings. The van der Waals surface area contributed by atoms with Gasteiger partial charge in [-0.2, -0.15) is 0 Å².